The lowest BCUT2D eigenvalue weighted by molar-refractivity contribution is -0.101. The van der Waals surface area contributed by atoms with E-state index in [2.05, 4.69) is 52.0 Å². The maximum Gasteiger partial charge on any atom is 0.411 e. The topological polar surface area (TPSA) is 67.6 Å². The zero-order valence-electron chi connectivity index (χ0n) is 22.2. The van der Waals surface area contributed by atoms with Gasteiger partial charge in [-0.2, -0.15) is 0 Å². The molecule has 192 valence electrons. The van der Waals surface area contributed by atoms with Crippen molar-refractivity contribution in [3.8, 4) is 11.1 Å². The molecule has 4 aromatic rings. The highest BCUT2D eigenvalue weighted by atomic mass is 16.6. The first-order chi connectivity index (χ1) is 17.6. The Kier molecular flexibility index (Phi) is 6.32. The fourth-order valence-electron chi connectivity index (χ4n) is 5.53. The molecule has 0 saturated carbocycles. The summed E-state index contributed by atoms with van der Waals surface area (Å²) < 4.78 is 8.25. The molecule has 1 saturated heterocycles. The molecular weight excluding hydrogens is 462 g/mol. The highest BCUT2D eigenvalue weighted by Crippen LogP contribution is 2.42. The normalized spacial score (nSPS) is 19.2. The van der Waals surface area contributed by atoms with Crippen molar-refractivity contribution in [2.45, 2.75) is 57.8 Å². The van der Waals surface area contributed by atoms with E-state index in [0.29, 0.717) is 19.4 Å². The van der Waals surface area contributed by atoms with Crippen LogP contribution in [0.3, 0.4) is 0 Å². The molecule has 1 fully saturated rings. The molecule has 6 nitrogen and oxygen atoms in total. The van der Waals surface area contributed by atoms with Crippen molar-refractivity contribution in [3.05, 3.63) is 89.7 Å². The van der Waals surface area contributed by atoms with Crippen molar-refractivity contribution < 1.29 is 14.6 Å². The number of benzene rings is 3. The van der Waals surface area contributed by atoms with Crippen molar-refractivity contribution in [1.29, 1.82) is 0 Å². The zero-order chi connectivity index (χ0) is 26.4. The summed E-state index contributed by atoms with van der Waals surface area (Å²) in [6.45, 7) is 8.10. The van der Waals surface area contributed by atoms with Crippen LogP contribution in [0.15, 0.2) is 72.8 Å². The smallest absolute Gasteiger partial charge is 0.411 e. The molecule has 5 rings (SSSR count). The molecule has 3 aromatic carbocycles. The Morgan fingerprint density at radius 3 is 2.38 bits per heavy atom. The molecule has 37 heavy (non-hydrogen) atoms. The van der Waals surface area contributed by atoms with Crippen LogP contribution in [0.5, 0.6) is 0 Å². The molecule has 0 spiro atoms. The van der Waals surface area contributed by atoms with Crippen LogP contribution < -0.4 is 0 Å². The number of cyclic esters (lactones) is 1. The Hall–Kier alpha value is -3.64. The lowest BCUT2D eigenvalue weighted by Crippen LogP contribution is -2.51. The minimum absolute atomic E-state index is 0.140. The number of aromatic nitrogens is 2. The number of carbonyl (C=O) groups is 1. The summed E-state index contributed by atoms with van der Waals surface area (Å²) in [6, 6.07) is 24.3. The molecule has 0 radical (unpaired) electrons. The summed E-state index contributed by atoms with van der Waals surface area (Å²) in [4.78, 5) is 19.8. The van der Waals surface area contributed by atoms with E-state index in [0.717, 1.165) is 39.1 Å². The van der Waals surface area contributed by atoms with E-state index in [9.17, 15) is 9.90 Å². The second-order valence-electron chi connectivity index (χ2n) is 10.9. The molecule has 0 bridgehead atoms. The van der Waals surface area contributed by atoms with Gasteiger partial charge in [0.1, 0.15) is 11.4 Å². The minimum atomic E-state index is -0.975. The lowest BCUT2D eigenvalue weighted by Gasteiger charge is -2.45. The number of hydrogen-bond acceptors (Lipinski definition) is 4. The first-order valence-electron chi connectivity index (χ1n) is 12.9. The third-order valence-electron chi connectivity index (χ3n) is 7.59. The molecule has 1 N–H and O–H groups in total. The van der Waals surface area contributed by atoms with Crippen molar-refractivity contribution in [2.75, 3.05) is 6.54 Å². The molecule has 0 aliphatic carbocycles. The Labute approximate surface area is 218 Å². The monoisotopic (exact) mass is 497 g/mol. The first-order valence-corrected chi connectivity index (χ1v) is 12.9. The number of aryl methyl sites for hydroxylation is 2. The lowest BCUT2D eigenvalue weighted by atomic mass is 9.80. The fraction of sp³-hybridized carbons (Fsp3) is 0.355. The third kappa shape index (κ3) is 4.86. The maximum atomic E-state index is 13.3. The average molecular weight is 498 g/mol. The van der Waals surface area contributed by atoms with Crippen molar-refractivity contribution in [2.24, 2.45) is 7.05 Å². The Morgan fingerprint density at radius 1 is 1.05 bits per heavy atom. The van der Waals surface area contributed by atoms with Crippen LogP contribution in [0.1, 0.15) is 56.6 Å². The van der Waals surface area contributed by atoms with Gasteiger partial charge >= 0.3 is 6.09 Å². The minimum Gasteiger partial charge on any atom is -0.438 e. The number of imidazole rings is 1. The number of aliphatic hydroxyl groups is 1. The van der Waals surface area contributed by atoms with Crippen molar-refractivity contribution in [3.63, 3.8) is 0 Å². The van der Waals surface area contributed by atoms with Gasteiger partial charge in [0, 0.05) is 26.4 Å². The summed E-state index contributed by atoms with van der Waals surface area (Å²) in [5, 5.41) is 10.6. The zero-order valence-corrected chi connectivity index (χ0v) is 22.2. The van der Waals surface area contributed by atoms with Gasteiger partial charge in [-0.05, 0) is 62.1 Å². The second-order valence-corrected chi connectivity index (χ2v) is 10.9. The van der Waals surface area contributed by atoms with E-state index in [4.69, 9.17) is 4.74 Å². The van der Waals surface area contributed by atoms with Gasteiger partial charge in [-0.15, -0.1) is 0 Å². The van der Waals surface area contributed by atoms with Crippen molar-refractivity contribution >= 4 is 17.1 Å². The highest BCUT2D eigenvalue weighted by Gasteiger charge is 2.46. The summed E-state index contributed by atoms with van der Waals surface area (Å²) in [5.41, 5.74) is 4.46. The van der Waals surface area contributed by atoms with Crippen LogP contribution in [0.25, 0.3) is 22.2 Å². The van der Waals surface area contributed by atoms with Crippen LogP contribution >= 0.6 is 0 Å². The van der Waals surface area contributed by atoms with Gasteiger partial charge in [-0.1, -0.05) is 60.7 Å². The number of amides is 1. The van der Waals surface area contributed by atoms with Gasteiger partial charge in [0.25, 0.3) is 0 Å². The van der Waals surface area contributed by atoms with Crippen LogP contribution in [-0.4, -0.2) is 37.8 Å². The predicted octanol–water partition coefficient (Wildman–Crippen LogP) is 6.51. The summed E-state index contributed by atoms with van der Waals surface area (Å²) in [5.74, 6) is 0.989. The summed E-state index contributed by atoms with van der Waals surface area (Å²) >= 11 is 0. The molecule has 6 heteroatoms. The van der Waals surface area contributed by atoms with Crippen LogP contribution in [0, 0.1) is 6.92 Å². The Morgan fingerprint density at radius 2 is 1.73 bits per heavy atom. The number of carbonyl (C=O) groups excluding carboxylic acids is 1. The SMILES string of the molecule is Cc1nc2cc(-c3ccc([C@H](C)N4CCC(CC(C)(C)O)(c5ccccc5)OC4=O)cc3)ccc2n1C. The Balaban J connectivity index is 1.35. The van der Waals surface area contributed by atoms with Gasteiger partial charge in [-0.25, -0.2) is 9.78 Å². The van der Waals surface area contributed by atoms with E-state index in [1.165, 1.54) is 0 Å². The average Bonchev–Trinajstić information content (AvgIpc) is 3.16. The number of ether oxygens (including phenoxy) is 1. The summed E-state index contributed by atoms with van der Waals surface area (Å²) in [6.07, 6.45) is 0.595. The number of hydrogen-bond donors (Lipinski definition) is 1. The molecule has 1 aliphatic heterocycles. The molecule has 1 amide bonds. The fourth-order valence-corrected chi connectivity index (χ4v) is 5.53. The maximum absolute atomic E-state index is 13.3. The van der Waals surface area contributed by atoms with Gasteiger partial charge in [-0.3, -0.25) is 0 Å². The van der Waals surface area contributed by atoms with E-state index in [1.54, 1.807) is 18.7 Å². The molecule has 2 atom stereocenters. The van der Waals surface area contributed by atoms with Crippen molar-refractivity contribution in [1.82, 2.24) is 14.5 Å². The number of nitrogens with zero attached hydrogens (tertiary/aromatic N) is 3. The van der Waals surface area contributed by atoms with Crippen LogP contribution in [0.2, 0.25) is 0 Å². The largest absolute Gasteiger partial charge is 0.438 e. The van der Waals surface area contributed by atoms with Crippen LogP contribution in [-0.2, 0) is 17.4 Å². The highest BCUT2D eigenvalue weighted by molar-refractivity contribution is 5.82. The molecule has 1 aromatic heterocycles. The number of fused-ring (bicyclic) bond motifs is 1. The molecule has 1 unspecified atom stereocenters. The molecular formula is C31H35N3O3. The van der Waals surface area contributed by atoms with Gasteiger partial charge in [0.15, 0.2) is 0 Å². The van der Waals surface area contributed by atoms with Gasteiger partial charge < -0.3 is 19.3 Å². The second kappa shape index (κ2) is 9.34. The first kappa shape index (κ1) is 25.0. The van der Waals surface area contributed by atoms with Crippen LogP contribution in [0.4, 0.5) is 4.79 Å². The van der Waals surface area contributed by atoms with E-state index < -0.39 is 11.2 Å². The Bertz CT molecular complexity index is 1420. The third-order valence-corrected chi connectivity index (χ3v) is 7.59. The van der Waals surface area contributed by atoms with E-state index in [1.807, 2.05) is 51.2 Å². The quantitative estimate of drug-likeness (QED) is 0.330. The molecule has 1 aliphatic rings. The van der Waals surface area contributed by atoms with E-state index in [-0.39, 0.29) is 12.1 Å². The van der Waals surface area contributed by atoms with E-state index >= 15 is 0 Å². The molecule has 2 heterocycles. The predicted molar refractivity (Wildman–Crippen MR) is 146 cm³/mol. The number of rotatable bonds is 6. The standard InChI is InChI=1S/C31H35N3O3/c1-21(23-11-13-24(14-12-23)25-15-16-28-27(19-25)32-22(2)33(28)5)34-18-17-31(37-29(34)35,20-30(3,4)36)26-9-7-6-8-10-26/h6-16,19,21,36H,17-18,20H2,1-5H3/t21-,31?/m0/s1. The van der Waals surface area contributed by atoms with Gasteiger partial charge in [0.2, 0.25) is 0 Å². The summed E-state index contributed by atoms with van der Waals surface area (Å²) in [7, 11) is 2.03. The van der Waals surface area contributed by atoms with Gasteiger partial charge in [0.05, 0.1) is 22.7 Å².